The van der Waals surface area contributed by atoms with Crippen LogP contribution in [0, 0.1) is 0 Å². The molecule has 3 rings (SSSR count). The fourth-order valence-corrected chi connectivity index (χ4v) is 3.63. The highest BCUT2D eigenvalue weighted by atomic mass is 79.9. The van der Waals surface area contributed by atoms with Crippen molar-refractivity contribution < 1.29 is 18.3 Å². The summed E-state index contributed by atoms with van der Waals surface area (Å²) in [6.45, 7) is 0. The molecule has 0 aliphatic carbocycles. The second kappa shape index (κ2) is 7.99. The number of rotatable bonds is 6. The topological polar surface area (TPSA) is 101 Å². The molecule has 144 valence electrons. The van der Waals surface area contributed by atoms with Gasteiger partial charge in [-0.3, -0.25) is 9.40 Å². The van der Waals surface area contributed by atoms with Crippen molar-refractivity contribution in [3.05, 3.63) is 75.7 Å². The fourth-order valence-electron chi connectivity index (χ4n) is 2.49. The molecule has 7 nitrogen and oxygen atoms in total. The quantitative estimate of drug-likeness (QED) is 0.578. The number of anilines is 1. The molecular formula is C19H16BrN3O4S. The van der Waals surface area contributed by atoms with Gasteiger partial charge >= 0.3 is 5.97 Å². The molecule has 0 fully saturated rings. The standard InChI is InChI=1S/C19H16BrN3O4S/c1-23-12-17(19(24)25)18(21-23)14-4-8-16(9-5-14)22-28(26,27)11-10-13-2-6-15(20)7-3-13/h2-12,22H,1H3,(H,24,25)/b11-10+. The van der Waals surface area contributed by atoms with Gasteiger partial charge in [-0.15, -0.1) is 0 Å². The first kappa shape index (κ1) is 19.8. The number of halogens is 1. The highest BCUT2D eigenvalue weighted by Crippen LogP contribution is 2.24. The number of aryl methyl sites for hydroxylation is 1. The van der Waals surface area contributed by atoms with Crippen LogP contribution in [0.25, 0.3) is 17.3 Å². The predicted molar refractivity (Wildman–Crippen MR) is 111 cm³/mol. The summed E-state index contributed by atoms with van der Waals surface area (Å²) in [5, 5.41) is 14.5. The van der Waals surface area contributed by atoms with E-state index in [2.05, 4.69) is 25.8 Å². The van der Waals surface area contributed by atoms with Crippen molar-refractivity contribution >= 4 is 43.7 Å². The molecule has 0 amide bonds. The maximum absolute atomic E-state index is 12.2. The maximum atomic E-state index is 12.2. The number of carboxylic acid groups (broad SMARTS) is 1. The van der Waals surface area contributed by atoms with Gasteiger partial charge < -0.3 is 5.11 Å². The van der Waals surface area contributed by atoms with Crippen molar-refractivity contribution in [2.24, 2.45) is 7.05 Å². The van der Waals surface area contributed by atoms with E-state index in [9.17, 15) is 18.3 Å². The van der Waals surface area contributed by atoms with Crippen LogP contribution >= 0.6 is 15.9 Å². The number of aromatic carboxylic acids is 1. The average molecular weight is 462 g/mol. The molecule has 0 unspecified atom stereocenters. The van der Waals surface area contributed by atoms with Crippen LogP contribution in [0.2, 0.25) is 0 Å². The molecule has 0 saturated carbocycles. The summed E-state index contributed by atoms with van der Waals surface area (Å²) < 4.78 is 29.3. The van der Waals surface area contributed by atoms with E-state index in [1.165, 1.54) is 17.0 Å². The van der Waals surface area contributed by atoms with E-state index in [1.807, 2.05) is 12.1 Å². The molecule has 0 radical (unpaired) electrons. The summed E-state index contributed by atoms with van der Waals surface area (Å²) in [6, 6.07) is 13.6. The monoisotopic (exact) mass is 461 g/mol. The van der Waals surface area contributed by atoms with Crippen LogP contribution in [0.15, 0.2) is 64.6 Å². The highest BCUT2D eigenvalue weighted by molar-refractivity contribution is 9.10. The third-order valence-electron chi connectivity index (χ3n) is 3.79. The van der Waals surface area contributed by atoms with Crippen molar-refractivity contribution in [1.29, 1.82) is 0 Å². The van der Waals surface area contributed by atoms with Gasteiger partial charge in [-0.2, -0.15) is 5.10 Å². The second-order valence-corrected chi connectivity index (χ2v) is 8.43. The minimum Gasteiger partial charge on any atom is -0.478 e. The summed E-state index contributed by atoms with van der Waals surface area (Å²) >= 11 is 3.32. The number of hydrogen-bond acceptors (Lipinski definition) is 4. The number of sulfonamides is 1. The summed E-state index contributed by atoms with van der Waals surface area (Å²) in [5.41, 5.74) is 2.08. The van der Waals surface area contributed by atoms with Gasteiger partial charge in [0.25, 0.3) is 10.0 Å². The Morgan fingerprint density at radius 2 is 1.79 bits per heavy atom. The van der Waals surface area contributed by atoms with Crippen molar-refractivity contribution in [2.45, 2.75) is 0 Å². The van der Waals surface area contributed by atoms with Crippen molar-refractivity contribution in [3.8, 4) is 11.3 Å². The molecule has 9 heteroatoms. The van der Waals surface area contributed by atoms with Crippen LogP contribution in [0.3, 0.4) is 0 Å². The van der Waals surface area contributed by atoms with Gasteiger partial charge in [-0.25, -0.2) is 13.2 Å². The van der Waals surface area contributed by atoms with E-state index >= 15 is 0 Å². The number of nitrogens with one attached hydrogen (secondary N) is 1. The number of benzene rings is 2. The lowest BCUT2D eigenvalue weighted by atomic mass is 10.1. The SMILES string of the molecule is Cn1cc(C(=O)O)c(-c2ccc(NS(=O)(=O)/C=C/c3ccc(Br)cc3)cc2)n1. The average Bonchev–Trinajstić information content (AvgIpc) is 3.04. The Morgan fingerprint density at radius 1 is 1.14 bits per heavy atom. The van der Waals surface area contributed by atoms with E-state index in [0.29, 0.717) is 16.9 Å². The predicted octanol–water partition coefficient (Wildman–Crippen LogP) is 3.96. The Hall–Kier alpha value is -2.91. The molecule has 28 heavy (non-hydrogen) atoms. The van der Waals surface area contributed by atoms with Crippen LogP contribution in [-0.4, -0.2) is 29.3 Å². The minimum atomic E-state index is -3.69. The van der Waals surface area contributed by atoms with Gasteiger partial charge in [0.15, 0.2) is 0 Å². The zero-order chi connectivity index (χ0) is 20.3. The smallest absolute Gasteiger partial charge is 0.339 e. The van der Waals surface area contributed by atoms with Gasteiger partial charge in [-0.1, -0.05) is 40.2 Å². The molecular weight excluding hydrogens is 446 g/mol. The van der Waals surface area contributed by atoms with Crippen molar-refractivity contribution in [2.75, 3.05) is 4.72 Å². The summed E-state index contributed by atoms with van der Waals surface area (Å²) in [6.07, 6.45) is 2.91. The van der Waals surface area contributed by atoms with Gasteiger partial charge in [-0.05, 0) is 35.9 Å². The third kappa shape index (κ3) is 4.87. The highest BCUT2D eigenvalue weighted by Gasteiger charge is 2.16. The largest absolute Gasteiger partial charge is 0.478 e. The number of carbonyl (C=O) groups is 1. The van der Waals surface area contributed by atoms with Crippen LogP contribution in [-0.2, 0) is 17.1 Å². The molecule has 0 spiro atoms. The molecule has 0 bridgehead atoms. The normalized spacial score (nSPS) is 11.6. The first-order valence-electron chi connectivity index (χ1n) is 8.07. The van der Waals surface area contributed by atoms with E-state index < -0.39 is 16.0 Å². The second-order valence-electron chi connectivity index (χ2n) is 5.95. The van der Waals surface area contributed by atoms with Crippen LogP contribution in [0.5, 0.6) is 0 Å². The van der Waals surface area contributed by atoms with Crippen LogP contribution < -0.4 is 4.72 Å². The Kier molecular flexibility index (Phi) is 5.66. The lowest BCUT2D eigenvalue weighted by Gasteiger charge is -2.06. The Balaban J connectivity index is 1.76. The molecule has 0 aliphatic heterocycles. The molecule has 2 N–H and O–H groups in total. The van der Waals surface area contributed by atoms with Crippen molar-refractivity contribution in [1.82, 2.24) is 9.78 Å². The van der Waals surface area contributed by atoms with E-state index in [-0.39, 0.29) is 5.56 Å². The Morgan fingerprint density at radius 3 is 2.39 bits per heavy atom. The van der Waals surface area contributed by atoms with Crippen LogP contribution in [0.4, 0.5) is 5.69 Å². The fraction of sp³-hybridized carbons (Fsp3) is 0.0526. The van der Waals surface area contributed by atoms with E-state index in [4.69, 9.17) is 0 Å². The maximum Gasteiger partial charge on any atom is 0.339 e. The van der Waals surface area contributed by atoms with Gasteiger partial charge in [0, 0.05) is 29.0 Å². The number of carboxylic acids is 1. The minimum absolute atomic E-state index is 0.0771. The zero-order valence-electron chi connectivity index (χ0n) is 14.7. The zero-order valence-corrected chi connectivity index (χ0v) is 17.1. The third-order valence-corrected chi connectivity index (χ3v) is 5.33. The first-order valence-corrected chi connectivity index (χ1v) is 10.4. The van der Waals surface area contributed by atoms with E-state index in [1.54, 1.807) is 43.4 Å². The first-order chi connectivity index (χ1) is 13.2. The molecule has 0 aliphatic rings. The van der Waals surface area contributed by atoms with Crippen molar-refractivity contribution in [3.63, 3.8) is 0 Å². The summed E-state index contributed by atoms with van der Waals surface area (Å²) in [5.74, 6) is -1.08. The molecule has 0 saturated heterocycles. The number of aromatic nitrogens is 2. The molecule has 1 heterocycles. The lowest BCUT2D eigenvalue weighted by molar-refractivity contribution is 0.0697. The Bertz CT molecular complexity index is 1130. The number of nitrogens with zero attached hydrogens (tertiary/aromatic N) is 2. The number of hydrogen-bond donors (Lipinski definition) is 2. The van der Waals surface area contributed by atoms with E-state index in [0.717, 1.165) is 15.4 Å². The van der Waals surface area contributed by atoms with Crippen LogP contribution in [0.1, 0.15) is 15.9 Å². The summed E-state index contributed by atoms with van der Waals surface area (Å²) in [4.78, 5) is 11.3. The molecule has 0 atom stereocenters. The van der Waals surface area contributed by atoms with Gasteiger partial charge in [0.2, 0.25) is 0 Å². The summed E-state index contributed by atoms with van der Waals surface area (Å²) in [7, 11) is -2.06. The Labute approximate surface area is 170 Å². The lowest BCUT2D eigenvalue weighted by Crippen LogP contribution is -2.08. The van der Waals surface area contributed by atoms with Gasteiger partial charge in [0.05, 0.1) is 5.41 Å². The molecule has 2 aromatic carbocycles. The molecule has 3 aromatic rings. The van der Waals surface area contributed by atoms with Gasteiger partial charge in [0.1, 0.15) is 11.3 Å². The molecule has 1 aromatic heterocycles.